The molecule has 4 amide bonds. The van der Waals surface area contributed by atoms with Gasteiger partial charge in [0.2, 0.25) is 11.8 Å². The first-order chi connectivity index (χ1) is 17.6. The van der Waals surface area contributed by atoms with Gasteiger partial charge in [0.1, 0.15) is 18.0 Å². The van der Waals surface area contributed by atoms with Gasteiger partial charge >= 0.3 is 6.03 Å². The van der Waals surface area contributed by atoms with Crippen molar-refractivity contribution in [2.24, 2.45) is 5.92 Å². The summed E-state index contributed by atoms with van der Waals surface area (Å²) in [5, 5.41) is 2.86. The van der Waals surface area contributed by atoms with Crippen LogP contribution in [0, 0.1) is 11.7 Å². The Kier molecular flexibility index (Phi) is 7.90. The van der Waals surface area contributed by atoms with Crippen LogP contribution in [-0.4, -0.2) is 70.2 Å². The largest absolute Gasteiger partial charge is 0.337 e. The van der Waals surface area contributed by atoms with E-state index in [1.54, 1.807) is 45.0 Å². The van der Waals surface area contributed by atoms with Gasteiger partial charge in [-0.2, -0.15) is 0 Å². The van der Waals surface area contributed by atoms with Crippen molar-refractivity contribution in [1.29, 1.82) is 0 Å². The normalized spacial score (nSPS) is 19.8. The highest BCUT2D eigenvalue weighted by Crippen LogP contribution is 2.29. The van der Waals surface area contributed by atoms with Crippen molar-refractivity contribution in [3.8, 4) is 0 Å². The molecule has 2 aliphatic heterocycles. The molecule has 0 spiro atoms. The Balaban J connectivity index is 1.56. The van der Waals surface area contributed by atoms with E-state index in [2.05, 4.69) is 5.32 Å². The summed E-state index contributed by atoms with van der Waals surface area (Å²) in [6.07, 6.45) is 0.484. The van der Waals surface area contributed by atoms with Crippen molar-refractivity contribution in [3.05, 3.63) is 65.5 Å². The number of hydrogen-bond donors (Lipinski definition) is 1. The predicted molar refractivity (Wildman–Crippen MR) is 137 cm³/mol. The molecule has 0 saturated carbocycles. The van der Waals surface area contributed by atoms with Gasteiger partial charge in [0.15, 0.2) is 5.78 Å². The van der Waals surface area contributed by atoms with Crippen molar-refractivity contribution in [2.45, 2.75) is 52.2 Å². The van der Waals surface area contributed by atoms with Crippen molar-refractivity contribution >= 4 is 29.3 Å². The third kappa shape index (κ3) is 5.98. The highest BCUT2D eigenvalue weighted by Gasteiger charge is 2.48. The first-order valence-corrected chi connectivity index (χ1v) is 12.7. The van der Waals surface area contributed by atoms with Gasteiger partial charge in [-0.05, 0) is 67.6 Å². The number of anilines is 1. The predicted octanol–water partition coefficient (Wildman–Crippen LogP) is 3.92. The van der Waals surface area contributed by atoms with Crippen molar-refractivity contribution < 1.29 is 23.6 Å². The van der Waals surface area contributed by atoms with Crippen LogP contribution in [0.4, 0.5) is 14.9 Å². The molecule has 2 atom stereocenters. The Morgan fingerprint density at radius 3 is 2.49 bits per heavy atom. The van der Waals surface area contributed by atoms with Crippen molar-refractivity contribution in [3.63, 3.8) is 0 Å². The van der Waals surface area contributed by atoms with Crippen LogP contribution in [0.15, 0.2) is 48.5 Å². The van der Waals surface area contributed by atoms with Crippen LogP contribution in [-0.2, 0) is 16.0 Å². The maximum atomic E-state index is 13.7. The van der Waals surface area contributed by atoms with Gasteiger partial charge in [0.25, 0.3) is 0 Å². The Morgan fingerprint density at radius 1 is 1.11 bits per heavy atom. The summed E-state index contributed by atoms with van der Waals surface area (Å²) in [5.41, 5.74) is 1.86. The monoisotopic (exact) mass is 508 g/mol. The molecule has 196 valence electrons. The van der Waals surface area contributed by atoms with Crippen LogP contribution in [0.25, 0.3) is 0 Å². The molecule has 2 saturated heterocycles. The smallest absolute Gasteiger partial charge is 0.323 e. The number of nitrogens with zero attached hydrogens (tertiary/aromatic N) is 3. The van der Waals surface area contributed by atoms with Gasteiger partial charge in [-0.15, -0.1) is 0 Å². The summed E-state index contributed by atoms with van der Waals surface area (Å²) in [4.78, 5) is 56.3. The zero-order chi connectivity index (χ0) is 26.7. The standard InChI is InChI=1S/C28H33FN4O4/c1-18(2)15-24-27(36)31(13-11-20-5-4-6-22(29)16-20)17-25-32(14-12-26(35)33(24)25)28(37)30-23-9-7-21(8-10-23)19(3)34/h4-10,16,18,24-25H,11-15,17H2,1-3H3,(H,30,37)/t24-,25+/m0/s1. The molecule has 37 heavy (non-hydrogen) atoms. The molecular weight excluding hydrogens is 475 g/mol. The van der Waals surface area contributed by atoms with E-state index in [1.807, 2.05) is 19.9 Å². The molecule has 0 aliphatic carbocycles. The van der Waals surface area contributed by atoms with Gasteiger partial charge in [-0.1, -0.05) is 26.0 Å². The number of rotatable bonds is 7. The first-order valence-electron chi connectivity index (χ1n) is 12.7. The van der Waals surface area contributed by atoms with Gasteiger partial charge in [-0.25, -0.2) is 9.18 Å². The number of carbonyl (C=O) groups excluding carboxylic acids is 4. The lowest BCUT2D eigenvalue weighted by Crippen LogP contribution is -2.71. The van der Waals surface area contributed by atoms with Crippen LogP contribution < -0.4 is 5.32 Å². The first kappa shape index (κ1) is 26.3. The van der Waals surface area contributed by atoms with Crippen LogP contribution in [0.2, 0.25) is 0 Å². The summed E-state index contributed by atoms with van der Waals surface area (Å²) < 4.78 is 13.7. The van der Waals surface area contributed by atoms with Crippen LogP contribution >= 0.6 is 0 Å². The van der Waals surface area contributed by atoms with E-state index < -0.39 is 12.2 Å². The minimum Gasteiger partial charge on any atom is -0.337 e. The number of benzene rings is 2. The quantitative estimate of drug-likeness (QED) is 0.574. The number of piperazine rings is 1. The second-order valence-corrected chi connectivity index (χ2v) is 10.1. The van der Waals surface area contributed by atoms with Crippen molar-refractivity contribution in [1.82, 2.24) is 14.7 Å². The number of Topliss-reactive ketones (excluding diaryl/α,β-unsaturated/α-hetero) is 1. The number of urea groups is 1. The average molecular weight is 509 g/mol. The van der Waals surface area contributed by atoms with E-state index >= 15 is 0 Å². The number of hydrogen-bond acceptors (Lipinski definition) is 4. The van der Waals surface area contributed by atoms with Crippen LogP contribution in [0.1, 0.15) is 49.5 Å². The number of nitrogens with one attached hydrogen (secondary N) is 1. The fourth-order valence-electron chi connectivity index (χ4n) is 5.03. The third-order valence-corrected chi connectivity index (χ3v) is 6.91. The highest BCUT2D eigenvalue weighted by atomic mass is 19.1. The van der Waals surface area contributed by atoms with E-state index in [1.165, 1.54) is 19.1 Å². The molecule has 1 N–H and O–H groups in total. The molecule has 0 aromatic heterocycles. The van der Waals surface area contributed by atoms with Gasteiger partial charge in [0.05, 0.1) is 6.54 Å². The molecule has 4 rings (SSSR count). The van der Waals surface area contributed by atoms with E-state index in [0.717, 1.165) is 5.56 Å². The Labute approximate surface area is 216 Å². The molecule has 2 heterocycles. The minimum atomic E-state index is -0.663. The second-order valence-electron chi connectivity index (χ2n) is 10.1. The molecule has 9 heteroatoms. The Hall–Kier alpha value is -3.75. The van der Waals surface area contributed by atoms with E-state index in [4.69, 9.17) is 0 Å². The lowest BCUT2D eigenvalue weighted by molar-refractivity contribution is -0.167. The number of fused-ring (bicyclic) bond motifs is 1. The van der Waals surface area contributed by atoms with Gasteiger partial charge in [-0.3, -0.25) is 14.4 Å². The van der Waals surface area contributed by atoms with Crippen LogP contribution in [0.3, 0.4) is 0 Å². The topological polar surface area (TPSA) is 90.0 Å². The number of halogens is 1. The average Bonchev–Trinajstić information content (AvgIpc) is 2.85. The van der Waals surface area contributed by atoms with Crippen molar-refractivity contribution in [2.75, 3.05) is 25.0 Å². The molecule has 2 aromatic rings. The SMILES string of the molecule is CC(=O)c1ccc(NC(=O)N2CCC(=O)N3[C@@H]2CN(CCc2cccc(F)c2)C(=O)[C@@H]3CC(C)C)cc1. The second kappa shape index (κ2) is 11.1. The molecule has 2 fully saturated rings. The van der Waals surface area contributed by atoms with E-state index in [9.17, 15) is 23.6 Å². The summed E-state index contributed by atoms with van der Waals surface area (Å²) >= 11 is 0. The maximum absolute atomic E-state index is 13.7. The van der Waals surface area contributed by atoms with E-state index in [0.29, 0.717) is 30.6 Å². The fraction of sp³-hybridized carbons (Fsp3) is 0.429. The molecule has 2 aromatic carbocycles. The molecule has 2 aliphatic rings. The Morgan fingerprint density at radius 2 is 1.84 bits per heavy atom. The fourth-order valence-corrected chi connectivity index (χ4v) is 5.03. The highest BCUT2D eigenvalue weighted by molar-refractivity contribution is 5.96. The number of amides is 4. The molecule has 0 unspecified atom stereocenters. The molecule has 0 bridgehead atoms. The summed E-state index contributed by atoms with van der Waals surface area (Å²) in [6, 6.07) is 11.9. The van der Waals surface area contributed by atoms with Gasteiger partial charge in [0, 0.05) is 30.8 Å². The molecular formula is C28H33FN4O4. The lowest BCUT2D eigenvalue weighted by Gasteiger charge is -2.52. The minimum absolute atomic E-state index is 0.0653. The molecule has 0 radical (unpaired) electrons. The zero-order valence-corrected chi connectivity index (χ0v) is 21.4. The zero-order valence-electron chi connectivity index (χ0n) is 21.4. The Bertz CT molecular complexity index is 1180. The molecule has 8 nitrogen and oxygen atoms in total. The maximum Gasteiger partial charge on any atom is 0.323 e. The third-order valence-electron chi connectivity index (χ3n) is 6.91. The van der Waals surface area contributed by atoms with Crippen LogP contribution in [0.5, 0.6) is 0 Å². The van der Waals surface area contributed by atoms with E-state index in [-0.39, 0.29) is 54.9 Å². The summed E-state index contributed by atoms with van der Waals surface area (Å²) in [7, 11) is 0. The number of carbonyl (C=O) groups is 4. The summed E-state index contributed by atoms with van der Waals surface area (Å²) in [5.74, 6) is -0.511. The number of ketones is 1. The van der Waals surface area contributed by atoms with Gasteiger partial charge < -0.3 is 20.0 Å². The lowest BCUT2D eigenvalue weighted by atomic mass is 9.95. The summed E-state index contributed by atoms with van der Waals surface area (Å²) in [6.45, 7) is 6.25.